The van der Waals surface area contributed by atoms with Crippen molar-refractivity contribution in [3.63, 3.8) is 0 Å². The highest BCUT2D eigenvalue weighted by molar-refractivity contribution is 9.11. The second-order valence-electron chi connectivity index (χ2n) is 3.78. The molecular weight excluding hydrogens is 354 g/mol. The van der Waals surface area contributed by atoms with Gasteiger partial charge in [0.1, 0.15) is 4.21 Å². The van der Waals surface area contributed by atoms with Crippen molar-refractivity contribution in [3.8, 4) is 0 Å². The van der Waals surface area contributed by atoms with Crippen molar-refractivity contribution < 1.29 is 12.9 Å². The fourth-order valence-electron chi connectivity index (χ4n) is 1.36. The molecule has 0 radical (unpaired) electrons. The zero-order valence-electron chi connectivity index (χ0n) is 10.3. The molecule has 0 aromatic carbocycles. The summed E-state index contributed by atoms with van der Waals surface area (Å²) < 4.78 is 31.7. The summed E-state index contributed by atoms with van der Waals surface area (Å²) in [6, 6.07) is 3.26. The zero-order valence-corrected chi connectivity index (χ0v) is 13.5. The van der Waals surface area contributed by atoms with E-state index >= 15 is 0 Å². The number of sulfonamides is 1. The fraction of sp³-hybridized carbons (Fsp3) is 0.400. The lowest BCUT2D eigenvalue weighted by molar-refractivity contribution is 0.334. The molecule has 2 aromatic rings. The summed E-state index contributed by atoms with van der Waals surface area (Å²) in [6.45, 7) is 1.96. The molecule has 104 valence electrons. The third-order valence-corrected chi connectivity index (χ3v) is 6.29. The standard InChI is InChI=1S/C10H12BrN3O3S2/c1-3-8-12-9(17-13-8)6-14(2)19(15,16)10-5-4-7(11)18-10/h4-5H,3,6H2,1-2H3. The Labute approximate surface area is 123 Å². The maximum atomic E-state index is 12.3. The number of hydrogen-bond acceptors (Lipinski definition) is 6. The fourth-order valence-corrected chi connectivity index (χ4v) is 4.70. The SMILES string of the molecule is CCc1noc(CN(C)S(=O)(=O)c2ccc(Br)s2)n1. The first-order valence-electron chi connectivity index (χ1n) is 5.46. The molecule has 0 amide bonds. The first-order chi connectivity index (χ1) is 8.93. The Morgan fingerprint density at radius 3 is 2.74 bits per heavy atom. The highest BCUT2D eigenvalue weighted by Gasteiger charge is 2.24. The predicted octanol–water partition coefficient (Wildman–Crippen LogP) is 2.28. The van der Waals surface area contributed by atoms with Crippen LogP contribution >= 0.6 is 27.3 Å². The largest absolute Gasteiger partial charge is 0.338 e. The predicted molar refractivity (Wildman–Crippen MR) is 74.3 cm³/mol. The van der Waals surface area contributed by atoms with E-state index in [1.165, 1.54) is 11.4 Å². The van der Waals surface area contributed by atoms with Crippen molar-refractivity contribution in [3.05, 3.63) is 27.6 Å². The maximum absolute atomic E-state index is 12.3. The number of hydrogen-bond donors (Lipinski definition) is 0. The number of thiophene rings is 1. The van der Waals surface area contributed by atoms with E-state index < -0.39 is 10.0 Å². The summed E-state index contributed by atoms with van der Waals surface area (Å²) in [4.78, 5) is 4.09. The summed E-state index contributed by atoms with van der Waals surface area (Å²) in [6.07, 6.45) is 0.651. The van der Waals surface area contributed by atoms with E-state index in [-0.39, 0.29) is 10.8 Å². The van der Waals surface area contributed by atoms with Crippen LogP contribution in [0.3, 0.4) is 0 Å². The van der Waals surface area contributed by atoms with Crippen molar-refractivity contribution >= 4 is 37.3 Å². The Morgan fingerprint density at radius 1 is 1.47 bits per heavy atom. The first kappa shape index (κ1) is 14.6. The van der Waals surface area contributed by atoms with Gasteiger partial charge in [0.2, 0.25) is 5.89 Å². The van der Waals surface area contributed by atoms with Crippen LogP contribution in [0, 0.1) is 0 Å². The molecule has 2 rings (SSSR count). The smallest absolute Gasteiger partial charge is 0.252 e. The second kappa shape index (κ2) is 5.70. The lowest BCUT2D eigenvalue weighted by Crippen LogP contribution is -2.26. The average molecular weight is 366 g/mol. The van der Waals surface area contributed by atoms with Gasteiger partial charge in [0.25, 0.3) is 10.0 Å². The molecule has 19 heavy (non-hydrogen) atoms. The van der Waals surface area contributed by atoms with Gasteiger partial charge in [-0.05, 0) is 28.1 Å². The Balaban J connectivity index is 2.17. The van der Waals surface area contributed by atoms with Gasteiger partial charge in [0.15, 0.2) is 5.82 Å². The summed E-state index contributed by atoms with van der Waals surface area (Å²) >= 11 is 4.41. The Kier molecular flexibility index (Phi) is 4.39. The Morgan fingerprint density at radius 2 is 2.21 bits per heavy atom. The van der Waals surface area contributed by atoms with Crippen LogP contribution in [0.4, 0.5) is 0 Å². The molecule has 0 aliphatic rings. The maximum Gasteiger partial charge on any atom is 0.252 e. The second-order valence-corrected chi connectivity index (χ2v) is 8.51. The van der Waals surface area contributed by atoms with Gasteiger partial charge < -0.3 is 4.52 Å². The minimum atomic E-state index is -3.52. The summed E-state index contributed by atoms with van der Waals surface area (Å²) in [5, 5.41) is 3.73. The normalized spacial score (nSPS) is 12.2. The number of aryl methyl sites for hydroxylation is 1. The van der Waals surface area contributed by atoms with Crippen LogP contribution in [0.25, 0.3) is 0 Å². The average Bonchev–Trinajstić information content (AvgIpc) is 2.98. The lowest BCUT2D eigenvalue weighted by atomic mass is 10.5. The van der Waals surface area contributed by atoms with Crippen molar-refractivity contribution in [1.29, 1.82) is 0 Å². The Bertz CT molecular complexity index is 665. The van der Waals surface area contributed by atoms with E-state index in [1.54, 1.807) is 12.1 Å². The van der Waals surface area contributed by atoms with Crippen LogP contribution in [0.2, 0.25) is 0 Å². The molecule has 0 spiro atoms. The molecule has 0 aliphatic carbocycles. The molecule has 0 atom stereocenters. The van der Waals surface area contributed by atoms with Gasteiger partial charge in [-0.25, -0.2) is 8.42 Å². The van der Waals surface area contributed by atoms with Gasteiger partial charge in [-0.1, -0.05) is 12.1 Å². The van der Waals surface area contributed by atoms with Crippen LogP contribution in [0.1, 0.15) is 18.6 Å². The van der Waals surface area contributed by atoms with Crippen LogP contribution in [0.15, 0.2) is 24.7 Å². The summed E-state index contributed by atoms with van der Waals surface area (Å²) in [7, 11) is -2.03. The van der Waals surface area contributed by atoms with E-state index in [9.17, 15) is 8.42 Å². The van der Waals surface area contributed by atoms with Gasteiger partial charge in [0, 0.05) is 13.5 Å². The highest BCUT2D eigenvalue weighted by atomic mass is 79.9. The molecule has 0 N–H and O–H groups in total. The molecule has 6 nitrogen and oxygen atoms in total. The van der Waals surface area contributed by atoms with Crippen molar-refractivity contribution in [2.24, 2.45) is 0 Å². The van der Waals surface area contributed by atoms with E-state index in [0.717, 1.165) is 15.1 Å². The van der Waals surface area contributed by atoms with Gasteiger partial charge in [0.05, 0.1) is 10.3 Å². The van der Waals surface area contributed by atoms with Crippen molar-refractivity contribution in [2.45, 2.75) is 24.1 Å². The molecule has 9 heteroatoms. The number of halogens is 1. The molecule has 0 saturated carbocycles. The third kappa shape index (κ3) is 3.22. The molecule has 2 heterocycles. The minimum Gasteiger partial charge on any atom is -0.338 e. The van der Waals surface area contributed by atoms with Gasteiger partial charge >= 0.3 is 0 Å². The minimum absolute atomic E-state index is 0.0604. The summed E-state index contributed by atoms with van der Waals surface area (Å²) in [5.74, 6) is 0.859. The molecular formula is C10H12BrN3O3S2. The summed E-state index contributed by atoms with van der Waals surface area (Å²) in [5.41, 5.74) is 0. The van der Waals surface area contributed by atoms with Crippen molar-refractivity contribution in [2.75, 3.05) is 7.05 Å². The molecule has 2 aromatic heterocycles. The van der Waals surface area contributed by atoms with E-state index in [1.807, 2.05) is 6.92 Å². The van der Waals surface area contributed by atoms with Crippen LogP contribution in [-0.4, -0.2) is 29.9 Å². The van der Waals surface area contributed by atoms with Gasteiger partial charge in [-0.3, -0.25) is 0 Å². The Hall–Kier alpha value is -0.770. The first-order valence-corrected chi connectivity index (χ1v) is 8.51. The highest BCUT2D eigenvalue weighted by Crippen LogP contribution is 2.28. The van der Waals surface area contributed by atoms with E-state index in [2.05, 4.69) is 26.1 Å². The number of nitrogens with zero attached hydrogens (tertiary/aromatic N) is 3. The third-order valence-electron chi connectivity index (χ3n) is 2.40. The molecule has 0 bridgehead atoms. The lowest BCUT2D eigenvalue weighted by Gasteiger charge is -2.13. The number of aromatic nitrogens is 2. The van der Waals surface area contributed by atoms with Crippen molar-refractivity contribution in [1.82, 2.24) is 14.4 Å². The van der Waals surface area contributed by atoms with Gasteiger partial charge in [-0.15, -0.1) is 11.3 Å². The molecule has 0 aliphatic heterocycles. The quantitative estimate of drug-likeness (QED) is 0.812. The van der Waals surface area contributed by atoms with E-state index in [0.29, 0.717) is 18.1 Å². The van der Waals surface area contributed by atoms with Crippen LogP contribution in [0.5, 0.6) is 0 Å². The number of rotatable bonds is 5. The molecule has 0 unspecified atom stereocenters. The monoisotopic (exact) mass is 365 g/mol. The topological polar surface area (TPSA) is 76.3 Å². The van der Waals surface area contributed by atoms with Crippen LogP contribution < -0.4 is 0 Å². The zero-order chi connectivity index (χ0) is 14.0. The van der Waals surface area contributed by atoms with Crippen LogP contribution in [-0.2, 0) is 23.0 Å². The van der Waals surface area contributed by atoms with E-state index in [4.69, 9.17) is 4.52 Å². The molecule has 0 saturated heterocycles. The molecule has 0 fully saturated rings. The van der Waals surface area contributed by atoms with Gasteiger partial charge in [-0.2, -0.15) is 9.29 Å².